The zero-order valence-corrected chi connectivity index (χ0v) is 14.0. The summed E-state index contributed by atoms with van der Waals surface area (Å²) >= 11 is 0. The normalized spacial score (nSPS) is 10.6. The second-order valence-corrected chi connectivity index (χ2v) is 5.68. The third-order valence-corrected chi connectivity index (χ3v) is 3.63. The molecule has 0 N–H and O–H groups in total. The van der Waals surface area contributed by atoms with Gasteiger partial charge in [0.15, 0.2) is 11.5 Å². The van der Waals surface area contributed by atoms with Crippen molar-refractivity contribution in [2.24, 2.45) is 0 Å². The summed E-state index contributed by atoms with van der Waals surface area (Å²) in [6, 6.07) is 12.4. The zero-order valence-electron chi connectivity index (χ0n) is 14.0. The lowest BCUT2D eigenvalue weighted by Crippen LogP contribution is -2.01. The van der Waals surface area contributed by atoms with E-state index in [4.69, 9.17) is 14.2 Å². The maximum atomic E-state index is 5.94. The molecule has 0 fully saturated rings. The Kier molecular flexibility index (Phi) is 5.31. The van der Waals surface area contributed by atoms with E-state index in [9.17, 15) is 0 Å². The molecule has 0 radical (unpaired) electrons. The van der Waals surface area contributed by atoms with Crippen molar-refractivity contribution in [2.75, 3.05) is 14.2 Å². The molecule has 22 heavy (non-hydrogen) atoms. The van der Waals surface area contributed by atoms with Crippen LogP contribution in [-0.2, 0) is 6.61 Å². The molecule has 3 nitrogen and oxygen atoms in total. The SMILES string of the molecule is COc1cc(C)cc(OC)c1OCc1ccc(C(C)C)cc1. The van der Waals surface area contributed by atoms with Crippen molar-refractivity contribution in [1.82, 2.24) is 0 Å². The number of rotatable bonds is 6. The lowest BCUT2D eigenvalue weighted by Gasteiger charge is -2.15. The van der Waals surface area contributed by atoms with Gasteiger partial charge in [0.1, 0.15) is 6.61 Å². The monoisotopic (exact) mass is 300 g/mol. The Morgan fingerprint density at radius 3 is 1.91 bits per heavy atom. The average molecular weight is 300 g/mol. The standard InChI is InChI=1S/C19H24O3/c1-13(2)16-8-6-15(7-9-16)12-22-19-17(20-4)10-14(3)11-18(19)21-5/h6-11,13H,12H2,1-5H3. The highest BCUT2D eigenvalue weighted by Crippen LogP contribution is 2.38. The second-order valence-electron chi connectivity index (χ2n) is 5.68. The lowest BCUT2D eigenvalue weighted by molar-refractivity contribution is 0.265. The molecule has 0 spiro atoms. The number of hydrogen-bond donors (Lipinski definition) is 0. The van der Waals surface area contributed by atoms with Crippen molar-refractivity contribution in [2.45, 2.75) is 33.3 Å². The van der Waals surface area contributed by atoms with Crippen molar-refractivity contribution in [3.05, 3.63) is 53.1 Å². The topological polar surface area (TPSA) is 27.7 Å². The lowest BCUT2D eigenvalue weighted by atomic mass is 10.0. The molecule has 0 saturated heterocycles. The fourth-order valence-corrected chi connectivity index (χ4v) is 2.31. The first-order chi connectivity index (χ1) is 10.5. The van der Waals surface area contributed by atoms with Gasteiger partial charge in [-0.05, 0) is 41.7 Å². The summed E-state index contributed by atoms with van der Waals surface area (Å²) in [4.78, 5) is 0. The van der Waals surface area contributed by atoms with Crippen molar-refractivity contribution < 1.29 is 14.2 Å². The van der Waals surface area contributed by atoms with E-state index in [0.29, 0.717) is 29.8 Å². The van der Waals surface area contributed by atoms with Crippen LogP contribution >= 0.6 is 0 Å². The van der Waals surface area contributed by atoms with Gasteiger partial charge in [0.2, 0.25) is 5.75 Å². The van der Waals surface area contributed by atoms with Crippen LogP contribution in [0.4, 0.5) is 0 Å². The highest BCUT2D eigenvalue weighted by molar-refractivity contribution is 5.53. The predicted molar refractivity (Wildman–Crippen MR) is 89.1 cm³/mol. The maximum Gasteiger partial charge on any atom is 0.203 e. The third kappa shape index (κ3) is 3.73. The van der Waals surface area contributed by atoms with Crippen LogP contribution < -0.4 is 14.2 Å². The van der Waals surface area contributed by atoms with E-state index in [-0.39, 0.29) is 0 Å². The fraction of sp³-hybridized carbons (Fsp3) is 0.368. The van der Waals surface area contributed by atoms with Crippen molar-refractivity contribution >= 4 is 0 Å². The van der Waals surface area contributed by atoms with E-state index in [1.54, 1.807) is 14.2 Å². The Hall–Kier alpha value is -2.16. The summed E-state index contributed by atoms with van der Waals surface area (Å²) in [6.07, 6.45) is 0. The number of benzene rings is 2. The first-order valence-corrected chi connectivity index (χ1v) is 7.49. The smallest absolute Gasteiger partial charge is 0.203 e. The quantitative estimate of drug-likeness (QED) is 0.773. The molecule has 0 heterocycles. The van der Waals surface area contributed by atoms with Gasteiger partial charge in [-0.2, -0.15) is 0 Å². The molecular formula is C19H24O3. The van der Waals surface area contributed by atoms with Gasteiger partial charge >= 0.3 is 0 Å². The average Bonchev–Trinajstić information content (AvgIpc) is 2.53. The molecule has 3 heteroatoms. The first-order valence-electron chi connectivity index (χ1n) is 7.49. The largest absolute Gasteiger partial charge is 0.493 e. The minimum Gasteiger partial charge on any atom is -0.493 e. The van der Waals surface area contributed by atoms with Crippen LogP contribution in [0.3, 0.4) is 0 Å². The molecule has 0 aliphatic heterocycles. The summed E-state index contributed by atoms with van der Waals surface area (Å²) in [5.74, 6) is 2.56. The highest BCUT2D eigenvalue weighted by Gasteiger charge is 2.13. The number of ether oxygens (including phenoxy) is 3. The molecule has 0 aromatic heterocycles. The Balaban J connectivity index is 2.17. The Morgan fingerprint density at radius 2 is 1.45 bits per heavy atom. The molecule has 2 aromatic carbocycles. The summed E-state index contributed by atoms with van der Waals surface area (Å²) in [7, 11) is 3.27. The van der Waals surface area contributed by atoms with Crippen LogP contribution in [0.2, 0.25) is 0 Å². The minimum absolute atomic E-state index is 0.480. The Morgan fingerprint density at radius 1 is 0.909 bits per heavy atom. The van der Waals surface area contributed by atoms with Crippen molar-refractivity contribution in [3.8, 4) is 17.2 Å². The van der Waals surface area contributed by atoms with E-state index in [1.807, 2.05) is 19.1 Å². The summed E-state index contributed by atoms with van der Waals surface area (Å²) in [6.45, 7) is 6.86. The molecule has 0 amide bonds. The molecule has 0 saturated carbocycles. The van der Waals surface area contributed by atoms with Crippen LogP contribution in [0.25, 0.3) is 0 Å². The molecule has 2 aromatic rings. The minimum atomic E-state index is 0.480. The summed E-state index contributed by atoms with van der Waals surface area (Å²) in [5.41, 5.74) is 3.52. The number of aryl methyl sites for hydroxylation is 1. The van der Waals surface area contributed by atoms with E-state index in [2.05, 4.69) is 38.1 Å². The number of hydrogen-bond acceptors (Lipinski definition) is 3. The second kappa shape index (κ2) is 7.21. The molecule has 0 bridgehead atoms. The third-order valence-electron chi connectivity index (χ3n) is 3.63. The van der Waals surface area contributed by atoms with Gasteiger partial charge in [0.05, 0.1) is 14.2 Å². The van der Waals surface area contributed by atoms with Crippen molar-refractivity contribution in [1.29, 1.82) is 0 Å². The number of methoxy groups -OCH3 is 2. The van der Waals surface area contributed by atoms with Gasteiger partial charge in [-0.3, -0.25) is 0 Å². The molecule has 0 atom stereocenters. The van der Waals surface area contributed by atoms with Gasteiger partial charge in [0.25, 0.3) is 0 Å². The Bertz CT molecular complexity index is 590. The van der Waals surface area contributed by atoms with Crippen LogP contribution in [-0.4, -0.2) is 14.2 Å². The zero-order chi connectivity index (χ0) is 16.1. The van der Waals surface area contributed by atoms with Crippen LogP contribution in [0.15, 0.2) is 36.4 Å². The van der Waals surface area contributed by atoms with Gasteiger partial charge in [-0.15, -0.1) is 0 Å². The molecule has 0 unspecified atom stereocenters. The predicted octanol–water partition coefficient (Wildman–Crippen LogP) is 4.71. The molecule has 2 rings (SSSR count). The van der Waals surface area contributed by atoms with E-state index in [1.165, 1.54) is 5.56 Å². The fourth-order valence-electron chi connectivity index (χ4n) is 2.31. The van der Waals surface area contributed by atoms with Crippen LogP contribution in [0.5, 0.6) is 17.2 Å². The molecule has 0 aliphatic carbocycles. The van der Waals surface area contributed by atoms with Crippen LogP contribution in [0.1, 0.15) is 36.5 Å². The highest BCUT2D eigenvalue weighted by atomic mass is 16.5. The van der Waals surface area contributed by atoms with E-state index < -0.39 is 0 Å². The molecule has 118 valence electrons. The Labute approximate surface area is 132 Å². The maximum absolute atomic E-state index is 5.94. The molecule has 0 aliphatic rings. The van der Waals surface area contributed by atoms with Crippen LogP contribution in [0, 0.1) is 6.92 Å². The van der Waals surface area contributed by atoms with Gasteiger partial charge in [-0.1, -0.05) is 38.1 Å². The summed E-state index contributed by atoms with van der Waals surface area (Å²) < 4.78 is 16.7. The van der Waals surface area contributed by atoms with Gasteiger partial charge in [0, 0.05) is 0 Å². The summed E-state index contributed by atoms with van der Waals surface area (Å²) in [5, 5.41) is 0. The van der Waals surface area contributed by atoms with E-state index >= 15 is 0 Å². The van der Waals surface area contributed by atoms with Gasteiger partial charge < -0.3 is 14.2 Å². The van der Waals surface area contributed by atoms with Gasteiger partial charge in [-0.25, -0.2) is 0 Å². The van der Waals surface area contributed by atoms with E-state index in [0.717, 1.165) is 11.1 Å². The van der Waals surface area contributed by atoms with Crippen molar-refractivity contribution in [3.63, 3.8) is 0 Å². The molecular weight excluding hydrogens is 276 g/mol. The first kappa shape index (κ1) is 16.2.